The molecule has 0 aromatic carbocycles. The molecule has 134 valence electrons. The molecule has 0 radical (unpaired) electrons. The van der Waals surface area contributed by atoms with Gasteiger partial charge in [-0.3, -0.25) is 19.2 Å². The van der Waals surface area contributed by atoms with Gasteiger partial charge in [-0.2, -0.15) is 0 Å². The molecule has 0 aromatic rings. The third-order valence-corrected chi connectivity index (χ3v) is 4.32. The van der Waals surface area contributed by atoms with E-state index in [0.29, 0.717) is 19.5 Å². The molecule has 0 bridgehead atoms. The second-order valence-electron chi connectivity index (χ2n) is 6.00. The Hall–Kier alpha value is -2.16. The highest BCUT2D eigenvalue weighted by molar-refractivity contribution is 5.93. The fourth-order valence-corrected chi connectivity index (χ4v) is 2.98. The number of carbonyl (C=O) groups excluding carboxylic acids is 4. The first-order valence-corrected chi connectivity index (χ1v) is 8.06. The van der Waals surface area contributed by atoms with Crippen LogP contribution in [-0.2, 0) is 23.9 Å². The van der Waals surface area contributed by atoms with Crippen LogP contribution in [0.4, 0.5) is 0 Å². The van der Waals surface area contributed by atoms with Crippen LogP contribution in [0.5, 0.6) is 0 Å². The maximum Gasteiger partial charge on any atom is 0.249 e. The van der Waals surface area contributed by atoms with Gasteiger partial charge in [-0.25, -0.2) is 0 Å². The molecule has 0 aliphatic carbocycles. The minimum absolute atomic E-state index is 0.116. The molecule has 2 rings (SSSR count). The van der Waals surface area contributed by atoms with Crippen molar-refractivity contribution in [3.63, 3.8) is 0 Å². The van der Waals surface area contributed by atoms with Crippen LogP contribution < -0.4 is 10.6 Å². The quantitative estimate of drug-likeness (QED) is 0.621. The minimum atomic E-state index is -0.819. The van der Waals surface area contributed by atoms with Gasteiger partial charge >= 0.3 is 0 Å². The van der Waals surface area contributed by atoms with Gasteiger partial charge in [-0.1, -0.05) is 0 Å². The van der Waals surface area contributed by atoms with Gasteiger partial charge < -0.3 is 25.2 Å². The molecule has 4 amide bonds. The number of ether oxygens (including phenoxy) is 1. The van der Waals surface area contributed by atoms with Crippen molar-refractivity contribution >= 4 is 23.6 Å². The SMILES string of the molecule is COCC(=O)N1CCN(C(C)=O)CC1C(=O)NC1CCCNC1=O. The molecule has 2 heterocycles. The van der Waals surface area contributed by atoms with Crippen molar-refractivity contribution in [2.75, 3.05) is 39.9 Å². The Morgan fingerprint density at radius 3 is 2.71 bits per heavy atom. The molecular formula is C15H24N4O5. The van der Waals surface area contributed by atoms with E-state index in [-0.39, 0.29) is 37.4 Å². The summed E-state index contributed by atoms with van der Waals surface area (Å²) in [6.45, 7) is 2.65. The minimum Gasteiger partial charge on any atom is -0.375 e. The number of nitrogens with zero attached hydrogens (tertiary/aromatic N) is 2. The molecule has 9 heteroatoms. The molecule has 2 saturated heterocycles. The van der Waals surface area contributed by atoms with Crippen LogP contribution >= 0.6 is 0 Å². The molecule has 9 nitrogen and oxygen atoms in total. The van der Waals surface area contributed by atoms with E-state index in [1.165, 1.54) is 23.8 Å². The highest BCUT2D eigenvalue weighted by Crippen LogP contribution is 2.13. The first-order chi connectivity index (χ1) is 11.4. The zero-order chi connectivity index (χ0) is 17.7. The van der Waals surface area contributed by atoms with E-state index in [1.54, 1.807) is 0 Å². The highest BCUT2D eigenvalue weighted by atomic mass is 16.5. The van der Waals surface area contributed by atoms with Crippen molar-refractivity contribution in [1.82, 2.24) is 20.4 Å². The Bertz CT molecular complexity index is 524. The smallest absolute Gasteiger partial charge is 0.249 e. The maximum absolute atomic E-state index is 12.6. The van der Waals surface area contributed by atoms with Gasteiger partial charge in [0.2, 0.25) is 23.6 Å². The van der Waals surface area contributed by atoms with E-state index in [9.17, 15) is 19.2 Å². The summed E-state index contributed by atoms with van der Waals surface area (Å²) >= 11 is 0. The second kappa shape index (κ2) is 8.09. The molecule has 24 heavy (non-hydrogen) atoms. The Morgan fingerprint density at radius 2 is 2.08 bits per heavy atom. The van der Waals surface area contributed by atoms with E-state index >= 15 is 0 Å². The molecule has 0 spiro atoms. The predicted molar refractivity (Wildman–Crippen MR) is 83.8 cm³/mol. The maximum atomic E-state index is 12.6. The second-order valence-corrected chi connectivity index (χ2v) is 6.00. The van der Waals surface area contributed by atoms with Crippen LogP contribution in [0.1, 0.15) is 19.8 Å². The summed E-state index contributed by atoms with van der Waals surface area (Å²) in [5.41, 5.74) is 0. The first kappa shape index (κ1) is 18.2. The summed E-state index contributed by atoms with van der Waals surface area (Å²) in [6.07, 6.45) is 1.35. The molecule has 2 N–H and O–H groups in total. The van der Waals surface area contributed by atoms with Gasteiger partial charge in [0.05, 0.1) is 6.54 Å². The summed E-state index contributed by atoms with van der Waals surface area (Å²) < 4.78 is 4.86. The van der Waals surface area contributed by atoms with Crippen molar-refractivity contribution < 1.29 is 23.9 Å². The number of amides is 4. The standard InChI is InChI=1S/C15H24N4O5/c1-10(20)18-6-7-19(13(21)9-24-2)12(8-18)15(23)17-11-4-3-5-16-14(11)22/h11-12H,3-9H2,1-2H3,(H,16,22)(H,17,23). The molecule has 2 aliphatic heterocycles. The van der Waals surface area contributed by atoms with Crippen LogP contribution in [0.15, 0.2) is 0 Å². The fourth-order valence-electron chi connectivity index (χ4n) is 2.98. The Kier molecular flexibility index (Phi) is 6.13. The normalized spacial score (nSPS) is 24.3. The van der Waals surface area contributed by atoms with Crippen molar-refractivity contribution in [2.45, 2.75) is 31.8 Å². The van der Waals surface area contributed by atoms with Gasteiger partial charge in [0.1, 0.15) is 18.7 Å². The van der Waals surface area contributed by atoms with Crippen molar-refractivity contribution in [2.24, 2.45) is 0 Å². The lowest BCUT2D eigenvalue weighted by Crippen LogP contribution is -2.63. The Balaban J connectivity index is 2.09. The molecular weight excluding hydrogens is 316 g/mol. The summed E-state index contributed by atoms with van der Waals surface area (Å²) in [4.78, 5) is 51.2. The topological polar surface area (TPSA) is 108 Å². The molecule has 0 aromatic heterocycles. The fraction of sp³-hybridized carbons (Fsp3) is 0.733. The van der Waals surface area contributed by atoms with E-state index < -0.39 is 18.0 Å². The average Bonchev–Trinajstić information content (AvgIpc) is 2.56. The number of hydrogen-bond acceptors (Lipinski definition) is 5. The molecule has 2 unspecified atom stereocenters. The first-order valence-electron chi connectivity index (χ1n) is 8.06. The molecule has 2 aliphatic rings. The summed E-state index contributed by atoms with van der Waals surface area (Å²) in [6, 6.07) is -1.42. The number of rotatable bonds is 4. The van der Waals surface area contributed by atoms with E-state index in [0.717, 1.165) is 6.42 Å². The third-order valence-electron chi connectivity index (χ3n) is 4.32. The molecule has 2 atom stereocenters. The lowest BCUT2D eigenvalue weighted by Gasteiger charge is -2.40. The highest BCUT2D eigenvalue weighted by Gasteiger charge is 2.37. The third kappa shape index (κ3) is 4.22. The van der Waals surface area contributed by atoms with Gasteiger partial charge in [0, 0.05) is 33.7 Å². The van der Waals surface area contributed by atoms with E-state index in [1.807, 2.05) is 0 Å². The molecule has 2 fully saturated rings. The van der Waals surface area contributed by atoms with Gasteiger partial charge in [-0.05, 0) is 12.8 Å². The number of piperazine rings is 1. The number of piperidine rings is 1. The van der Waals surface area contributed by atoms with Crippen molar-refractivity contribution in [3.8, 4) is 0 Å². The number of hydrogen-bond donors (Lipinski definition) is 2. The lowest BCUT2D eigenvalue weighted by atomic mass is 10.0. The number of carbonyl (C=O) groups is 4. The van der Waals surface area contributed by atoms with Crippen molar-refractivity contribution in [1.29, 1.82) is 0 Å². The number of methoxy groups -OCH3 is 1. The van der Waals surface area contributed by atoms with Crippen LogP contribution in [0.2, 0.25) is 0 Å². The van der Waals surface area contributed by atoms with Gasteiger partial charge in [0.25, 0.3) is 0 Å². The van der Waals surface area contributed by atoms with Crippen LogP contribution in [-0.4, -0.2) is 85.4 Å². The summed E-state index contributed by atoms with van der Waals surface area (Å²) in [7, 11) is 1.41. The van der Waals surface area contributed by atoms with Gasteiger partial charge in [-0.15, -0.1) is 0 Å². The summed E-state index contributed by atoms with van der Waals surface area (Å²) in [5, 5.41) is 5.40. The largest absolute Gasteiger partial charge is 0.375 e. The Labute approximate surface area is 140 Å². The monoisotopic (exact) mass is 340 g/mol. The zero-order valence-corrected chi connectivity index (χ0v) is 14.0. The predicted octanol–water partition coefficient (Wildman–Crippen LogP) is -1.91. The average molecular weight is 340 g/mol. The van der Waals surface area contributed by atoms with Crippen LogP contribution in [0.3, 0.4) is 0 Å². The molecule has 0 saturated carbocycles. The Morgan fingerprint density at radius 1 is 1.33 bits per heavy atom. The van der Waals surface area contributed by atoms with Crippen LogP contribution in [0, 0.1) is 0 Å². The van der Waals surface area contributed by atoms with E-state index in [2.05, 4.69) is 10.6 Å². The van der Waals surface area contributed by atoms with Crippen molar-refractivity contribution in [3.05, 3.63) is 0 Å². The zero-order valence-electron chi connectivity index (χ0n) is 14.0. The summed E-state index contributed by atoms with van der Waals surface area (Å²) in [5.74, 6) is -1.10. The van der Waals surface area contributed by atoms with E-state index in [4.69, 9.17) is 4.74 Å². The van der Waals surface area contributed by atoms with Crippen LogP contribution in [0.25, 0.3) is 0 Å². The van der Waals surface area contributed by atoms with Gasteiger partial charge in [0.15, 0.2) is 0 Å². The number of nitrogens with one attached hydrogen (secondary N) is 2. The lowest BCUT2D eigenvalue weighted by molar-refractivity contribution is -0.150.